The van der Waals surface area contributed by atoms with Gasteiger partial charge in [0.2, 0.25) is 5.91 Å². The number of likely N-dealkylation sites (tertiary alicyclic amines) is 1. The molecule has 1 fully saturated rings. The molecule has 1 N–H and O–H groups in total. The van der Waals surface area contributed by atoms with Gasteiger partial charge in [0.25, 0.3) is 0 Å². The van der Waals surface area contributed by atoms with Crippen LogP contribution in [0.3, 0.4) is 0 Å². The van der Waals surface area contributed by atoms with Crippen LogP contribution in [-0.4, -0.2) is 43.7 Å². The number of carbonyl (C=O) groups excluding carboxylic acids is 1. The fourth-order valence-corrected chi connectivity index (χ4v) is 4.79. The quantitative estimate of drug-likeness (QED) is 0.769. The largest absolute Gasteiger partial charge is 0.372 e. The lowest BCUT2D eigenvalue weighted by atomic mass is 9.63. The average molecular weight is 389 g/mol. The van der Waals surface area contributed by atoms with E-state index in [1.165, 1.54) is 50.0 Å². The van der Waals surface area contributed by atoms with Crippen LogP contribution in [-0.2, 0) is 14.9 Å². The zero-order valence-corrected chi connectivity index (χ0v) is 18.2. The summed E-state index contributed by atoms with van der Waals surface area (Å²) in [4.78, 5) is 14.8. The van der Waals surface area contributed by atoms with E-state index in [0.29, 0.717) is 12.0 Å². The molecule has 1 aromatic rings. The maximum absolute atomic E-state index is 12.2. The van der Waals surface area contributed by atoms with Crippen LogP contribution < -0.4 is 5.32 Å². The molecule has 0 unspecified atom stereocenters. The summed E-state index contributed by atoms with van der Waals surface area (Å²) >= 11 is 0. The van der Waals surface area contributed by atoms with Crippen LogP contribution in [0.5, 0.6) is 0 Å². The number of ether oxygens (including phenoxy) is 1. The maximum Gasteiger partial charge on any atom is 0.246 e. The molecule has 1 aliphatic heterocycles. The first kappa shape index (κ1) is 21.3. The van der Waals surface area contributed by atoms with Gasteiger partial charge in [-0.1, -0.05) is 45.0 Å². The Labute approximate surface area is 172 Å². The van der Waals surface area contributed by atoms with Crippen molar-refractivity contribution in [2.75, 3.05) is 32.8 Å². The minimum atomic E-state index is -0.00500. The number of amides is 1. The van der Waals surface area contributed by atoms with E-state index in [2.05, 4.69) is 55.3 Å². The van der Waals surface area contributed by atoms with E-state index in [1.807, 2.05) is 6.92 Å². The van der Waals surface area contributed by atoms with Crippen LogP contribution in [0.4, 0.5) is 0 Å². The first-order valence-corrected chi connectivity index (χ1v) is 11.0. The third-order valence-electron chi connectivity index (χ3n) is 6.58. The van der Waals surface area contributed by atoms with Crippen LogP contribution in [0.15, 0.2) is 24.3 Å². The van der Waals surface area contributed by atoms with Gasteiger partial charge in [0.1, 0.15) is 6.61 Å². The highest BCUT2D eigenvalue weighted by molar-refractivity contribution is 5.77. The summed E-state index contributed by atoms with van der Waals surface area (Å²) in [5.74, 6) is -0.00500. The van der Waals surface area contributed by atoms with Gasteiger partial charge < -0.3 is 15.0 Å². The topological polar surface area (TPSA) is 41.6 Å². The number of nitrogens with one attached hydrogen (secondary N) is 1. The Kier molecular flexibility index (Phi) is 6.82. The Hall–Kier alpha value is -1.39. The van der Waals surface area contributed by atoms with E-state index >= 15 is 0 Å². The number of benzene rings is 1. The number of fused-ring (bicyclic) bond motifs is 2. The van der Waals surface area contributed by atoms with E-state index < -0.39 is 0 Å². The summed E-state index contributed by atoms with van der Waals surface area (Å²) in [7, 11) is 0. The van der Waals surface area contributed by atoms with E-state index in [9.17, 15) is 4.79 Å². The lowest BCUT2D eigenvalue weighted by Gasteiger charge is -2.47. The van der Waals surface area contributed by atoms with E-state index in [-0.39, 0.29) is 25.4 Å². The molecule has 1 aliphatic carbocycles. The Morgan fingerprint density at radius 3 is 2.64 bits per heavy atom. The van der Waals surface area contributed by atoms with E-state index in [4.69, 9.17) is 4.74 Å². The molecular weight excluding hydrogens is 348 g/mol. The van der Waals surface area contributed by atoms with Gasteiger partial charge in [-0.25, -0.2) is 0 Å². The van der Waals surface area contributed by atoms with Gasteiger partial charge in [0.15, 0.2) is 0 Å². The Morgan fingerprint density at radius 2 is 1.96 bits per heavy atom. The monoisotopic (exact) mass is 388 g/mol. The minimum absolute atomic E-state index is 0. The predicted molar refractivity (Wildman–Crippen MR) is 117 cm³/mol. The summed E-state index contributed by atoms with van der Waals surface area (Å²) in [6, 6.07) is 8.91. The molecule has 0 bridgehead atoms. The van der Waals surface area contributed by atoms with E-state index in [0.717, 1.165) is 12.8 Å². The molecule has 0 radical (unpaired) electrons. The zero-order valence-electron chi connectivity index (χ0n) is 18.2. The standard InChI is InChI=1S/C24H38N2O2.H2/c1-5-28-18-22(27)25-21-10-11-24(20-9-7-6-8-19(20)21)13-16-26(17-14-24)15-12-23(2,3)4;/h6-9,21H,5,10-18H2,1-4H3,(H,25,27);1H/t21-;/m1./s1. The molecule has 1 amide bonds. The summed E-state index contributed by atoms with van der Waals surface area (Å²) < 4.78 is 5.28. The number of nitrogens with zero attached hydrogens (tertiary/aromatic N) is 1. The lowest BCUT2D eigenvalue weighted by molar-refractivity contribution is -0.126. The molecule has 3 rings (SSSR count). The van der Waals surface area contributed by atoms with Gasteiger partial charge in [-0.15, -0.1) is 0 Å². The molecule has 4 heteroatoms. The number of hydrogen-bond donors (Lipinski definition) is 1. The van der Waals surface area contributed by atoms with Gasteiger partial charge in [0, 0.05) is 8.03 Å². The normalized spacial score (nSPS) is 22.1. The third-order valence-corrected chi connectivity index (χ3v) is 6.58. The Bertz CT molecular complexity index is 663. The van der Waals surface area contributed by atoms with Crippen LogP contribution in [0.2, 0.25) is 0 Å². The molecule has 4 nitrogen and oxygen atoms in total. The lowest BCUT2D eigenvalue weighted by Crippen LogP contribution is -2.47. The number of hydrogen-bond acceptors (Lipinski definition) is 3. The average Bonchev–Trinajstić information content (AvgIpc) is 2.68. The maximum atomic E-state index is 12.2. The SMILES string of the molecule is CCOCC(=O)N[C@@H]1CCC2(CCN(CCC(C)(C)C)CC2)c2ccccc21.[HH]. The van der Waals surface area contributed by atoms with Crippen LogP contribution >= 0.6 is 0 Å². The number of rotatable bonds is 6. The van der Waals surface area contributed by atoms with Gasteiger partial charge in [-0.05, 0) is 80.6 Å². The summed E-state index contributed by atoms with van der Waals surface area (Å²) in [6.07, 6.45) is 5.90. The van der Waals surface area contributed by atoms with Crippen molar-refractivity contribution in [3.05, 3.63) is 35.4 Å². The zero-order chi connectivity index (χ0) is 20.2. The second-order valence-electron chi connectivity index (χ2n) is 9.82. The minimum Gasteiger partial charge on any atom is -0.372 e. The van der Waals surface area contributed by atoms with Crippen molar-refractivity contribution in [3.8, 4) is 0 Å². The van der Waals surface area contributed by atoms with Crippen molar-refractivity contribution in [1.29, 1.82) is 0 Å². The Morgan fingerprint density at radius 1 is 1.25 bits per heavy atom. The van der Waals surface area contributed by atoms with E-state index in [1.54, 1.807) is 0 Å². The molecule has 1 atom stereocenters. The van der Waals surface area contributed by atoms with Crippen molar-refractivity contribution < 1.29 is 11.0 Å². The van der Waals surface area contributed by atoms with Gasteiger partial charge >= 0.3 is 0 Å². The highest BCUT2D eigenvalue weighted by atomic mass is 16.5. The van der Waals surface area contributed by atoms with Crippen molar-refractivity contribution in [1.82, 2.24) is 10.2 Å². The molecule has 1 saturated heterocycles. The summed E-state index contributed by atoms with van der Waals surface area (Å²) in [5, 5.41) is 3.20. The third kappa shape index (κ3) is 5.15. The molecule has 1 spiro atoms. The van der Waals surface area contributed by atoms with Crippen molar-refractivity contribution >= 4 is 5.91 Å². The highest BCUT2D eigenvalue weighted by Crippen LogP contribution is 2.48. The summed E-state index contributed by atoms with van der Waals surface area (Å²) in [6.45, 7) is 13.2. The number of piperidine rings is 1. The van der Waals surface area contributed by atoms with Crippen LogP contribution in [0, 0.1) is 5.41 Å². The van der Waals surface area contributed by atoms with Crippen molar-refractivity contribution in [3.63, 3.8) is 0 Å². The van der Waals surface area contributed by atoms with Gasteiger partial charge in [-0.3, -0.25) is 4.79 Å². The van der Waals surface area contributed by atoms with Gasteiger partial charge in [0.05, 0.1) is 6.04 Å². The molecule has 0 saturated carbocycles. The predicted octanol–water partition coefficient (Wildman–Crippen LogP) is 4.69. The molecule has 1 heterocycles. The first-order valence-electron chi connectivity index (χ1n) is 11.0. The van der Waals surface area contributed by atoms with Crippen molar-refractivity contribution in [2.45, 2.75) is 71.3 Å². The fraction of sp³-hybridized carbons (Fsp3) is 0.708. The van der Waals surface area contributed by atoms with Crippen LogP contribution in [0.1, 0.15) is 78.4 Å². The first-order chi connectivity index (χ1) is 13.3. The van der Waals surface area contributed by atoms with Gasteiger partial charge in [-0.2, -0.15) is 0 Å². The summed E-state index contributed by atoms with van der Waals surface area (Å²) in [5.41, 5.74) is 3.48. The number of carbonyl (C=O) groups is 1. The highest BCUT2D eigenvalue weighted by Gasteiger charge is 2.42. The van der Waals surface area contributed by atoms with Crippen LogP contribution in [0.25, 0.3) is 0 Å². The molecule has 0 aromatic heterocycles. The fourth-order valence-electron chi connectivity index (χ4n) is 4.79. The molecule has 1 aromatic carbocycles. The molecule has 158 valence electrons. The second-order valence-corrected chi connectivity index (χ2v) is 9.82. The molecule has 2 aliphatic rings. The van der Waals surface area contributed by atoms with Crippen molar-refractivity contribution in [2.24, 2.45) is 5.41 Å². The second kappa shape index (κ2) is 8.96. The smallest absolute Gasteiger partial charge is 0.246 e. The molecular formula is C24H40N2O2. The molecule has 28 heavy (non-hydrogen) atoms. The Balaban J connectivity index is 0.00000300.